The minimum Gasteiger partial charge on any atom is -0.490 e. The molecule has 1 aliphatic heterocycles. The fourth-order valence-corrected chi connectivity index (χ4v) is 3.08. The first-order valence-corrected chi connectivity index (χ1v) is 8.92. The zero-order chi connectivity index (χ0) is 18.5. The van der Waals surface area contributed by atoms with E-state index in [1.54, 1.807) is 23.1 Å². The zero-order valence-electron chi connectivity index (χ0n) is 14.5. The normalized spacial score (nSPS) is 14.6. The van der Waals surface area contributed by atoms with Crippen molar-refractivity contribution in [1.29, 1.82) is 5.26 Å². The molecule has 0 unspecified atom stereocenters. The van der Waals surface area contributed by atoms with E-state index in [-0.39, 0.29) is 12.1 Å². The molecular formula is C20H20ClN3O2. The summed E-state index contributed by atoms with van der Waals surface area (Å²) < 4.78 is 5.94. The number of piperidine rings is 1. The van der Waals surface area contributed by atoms with E-state index in [2.05, 4.69) is 5.32 Å². The van der Waals surface area contributed by atoms with E-state index in [9.17, 15) is 4.79 Å². The molecule has 1 N–H and O–H groups in total. The average molecular weight is 370 g/mol. The van der Waals surface area contributed by atoms with Crippen LogP contribution in [0.15, 0.2) is 42.5 Å². The van der Waals surface area contributed by atoms with E-state index in [0.29, 0.717) is 29.4 Å². The molecule has 0 aromatic heterocycles. The summed E-state index contributed by atoms with van der Waals surface area (Å²) in [7, 11) is 0. The van der Waals surface area contributed by atoms with Gasteiger partial charge in [-0.2, -0.15) is 5.26 Å². The third-order valence-electron chi connectivity index (χ3n) is 4.40. The predicted molar refractivity (Wildman–Crippen MR) is 102 cm³/mol. The minimum atomic E-state index is -0.0891. The van der Waals surface area contributed by atoms with Crippen LogP contribution in [0.5, 0.6) is 5.75 Å². The maximum atomic E-state index is 12.4. The number of nitriles is 1. The van der Waals surface area contributed by atoms with Gasteiger partial charge in [0.25, 0.3) is 0 Å². The molecule has 0 spiro atoms. The fraction of sp³-hybridized carbons (Fsp3) is 0.300. The number of ether oxygens (including phenoxy) is 1. The smallest absolute Gasteiger partial charge is 0.321 e. The molecule has 6 heteroatoms. The first-order valence-electron chi connectivity index (χ1n) is 8.54. The van der Waals surface area contributed by atoms with Gasteiger partial charge >= 0.3 is 6.03 Å². The van der Waals surface area contributed by atoms with Gasteiger partial charge in [0.2, 0.25) is 0 Å². The third-order valence-corrected chi connectivity index (χ3v) is 4.71. The molecule has 2 amide bonds. The van der Waals surface area contributed by atoms with E-state index in [1.807, 2.05) is 37.3 Å². The van der Waals surface area contributed by atoms with Crippen LogP contribution in [0.25, 0.3) is 0 Å². The SMILES string of the molecule is Cc1ccc(NC(=O)N2CCC(Oc3ccc(C#N)c(Cl)c3)CC2)cc1. The summed E-state index contributed by atoms with van der Waals surface area (Å²) in [5, 5.41) is 12.2. The molecule has 1 aliphatic rings. The molecular weight excluding hydrogens is 350 g/mol. The number of halogens is 1. The highest BCUT2D eigenvalue weighted by Crippen LogP contribution is 2.25. The molecule has 5 nitrogen and oxygen atoms in total. The Morgan fingerprint density at radius 1 is 1.23 bits per heavy atom. The molecule has 0 atom stereocenters. The quantitative estimate of drug-likeness (QED) is 0.860. The number of rotatable bonds is 3. The summed E-state index contributed by atoms with van der Waals surface area (Å²) in [5.41, 5.74) is 2.39. The van der Waals surface area contributed by atoms with Crippen LogP contribution in [-0.2, 0) is 0 Å². The standard InChI is InChI=1S/C20H20ClN3O2/c1-14-2-5-16(6-3-14)23-20(25)24-10-8-17(9-11-24)26-18-7-4-15(13-22)19(21)12-18/h2-7,12,17H,8-11H2,1H3,(H,23,25). The lowest BCUT2D eigenvalue weighted by Crippen LogP contribution is -2.43. The van der Waals surface area contributed by atoms with Crippen LogP contribution in [0.3, 0.4) is 0 Å². The fourth-order valence-electron chi connectivity index (χ4n) is 2.87. The van der Waals surface area contributed by atoms with Crippen molar-refractivity contribution in [2.45, 2.75) is 25.9 Å². The van der Waals surface area contributed by atoms with Crippen molar-refractivity contribution in [1.82, 2.24) is 4.90 Å². The van der Waals surface area contributed by atoms with Crippen LogP contribution < -0.4 is 10.1 Å². The van der Waals surface area contributed by atoms with Gasteiger partial charge in [0.15, 0.2) is 0 Å². The van der Waals surface area contributed by atoms with Gasteiger partial charge in [-0.3, -0.25) is 0 Å². The number of likely N-dealkylation sites (tertiary alicyclic amines) is 1. The van der Waals surface area contributed by atoms with Gasteiger partial charge in [0.1, 0.15) is 17.9 Å². The van der Waals surface area contributed by atoms with Gasteiger partial charge < -0.3 is 15.0 Å². The Balaban J connectivity index is 1.50. The van der Waals surface area contributed by atoms with Gasteiger partial charge in [-0.05, 0) is 31.2 Å². The Hall–Kier alpha value is -2.71. The van der Waals surface area contributed by atoms with Crippen LogP contribution >= 0.6 is 11.6 Å². The lowest BCUT2D eigenvalue weighted by molar-refractivity contribution is 0.115. The van der Waals surface area contributed by atoms with Crippen LogP contribution in [0.4, 0.5) is 10.5 Å². The molecule has 0 bridgehead atoms. The number of hydrogen-bond acceptors (Lipinski definition) is 3. The molecule has 26 heavy (non-hydrogen) atoms. The number of aryl methyl sites for hydroxylation is 1. The molecule has 1 saturated heterocycles. The predicted octanol–water partition coefficient (Wildman–Crippen LogP) is 4.60. The summed E-state index contributed by atoms with van der Waals surface area (Å²) in [4.78, 5) is 14.2. The molecule has 0 aliphatic carbocycles. The van der Waals surface area contributed by atoms with E-state index in [1.165, 1.54) is 0 Å². The van der Waals surface area contributed by atoms with Crippen LogP contribution in [0.1, 0.15) is 24.0 Å². The lowest BCUT2D eigenvalue weighted by Gasteiger charge is -2.32. The number of amides is 2. The number of hydrogen-bond donors (Lipinski definition) is 1. The molecule has 0 radical (unpaired) electrons. The topological polar surface area (TPSA) is 65.4 Å². The molecule has 1 fully saturated rings. The zero-order valence-corrected chi connectivity index (χ0v) is 15.3. The Labute approximate surface area is 158 Å². The molecule has 1 heterocycles. The molecule has 3 rings (SSSR count). The third kappa shape index (κ3) is 4.47. The van der Waals surface area contributed by atoms with E-state index >= 15 is 0 Å². The van der Waals surface area contributed by atoms with Crippen molar-refractivity contribution in [3.8, 4) is 11.8 Å². The van der Waals surface area contributed by atoms with Crippen LogP contribution in [-0.4, -0.2) is 30.1 Å². The highest BCUT2D eigenvalue weighted by Gasteiger charge is 2.24. The van der Waals surface area contributed by atoms with Crippen molar-refractivity contribution in [2.24, 2.45) is 0 Å². The highest BCUT2D eigenvalue weighted by atomic mass is 35.5. The van der Waals surface area contributed by atoms with Gasteiger partial charge in [-0.15, -0.1) is 0 Å². The second kappa shape index (κ2) is 8.11. The van der Waals surface area contributed by atoms with E-state index < -0.39 is 0 Å². The van der Waals surface area contributed by atoms with Gasteiger partial charge in [0.05, 0.1) is 10.6 Å². The first-order chi connectivity index (χ1) is 12.5. The van der Waals surface area contributed by atoms with E-state index in [0.717, 1.165) is 24.1 Å². The van der Waals surface area contributed by atoms with Gasteiger partial charge in [0, 0.05) is 37.7 Å². The van der Waals surface area contributed by atoms with Crippen molar-refractivity contribution in [3.05, 3.63) is 58.6 Å². The average Bonchev–Trinajstić information content (AvgIpc) is 2.64. The lowest BCUT2D eigenvalue weighted by atomic mass is 10.1. The second-order valence-electron chi connectivity index (χ2n) is 6.35. The summed E-state index contributed by atoms with van der Waals surface area (Å²) in [5.74, 6) is 0.650. The Morgan fingerprint density at radius 2 is 1.92 bits per heavy atom. The first kappa shape index (κ1) is 18.1. The van der Waals surface area contributed by atoms with Crippen molar-refractivity contribution < 1.29 is 9.53 Å². The van der Waals surface area contributed by atoms with Crippen molar-refractivity contribution >= 4 is 23.3 Å². The van der Waals surface area contributed by atoms with Gasteiger partial charge in [-0.25, -0.2) is 4.79 Å². The Morgan fingerprint density at radius 3 is 2.54 bits per heavy atom. The monoisotopic (exact) mass is 369 g/mol. The number of benzene rings is 2. The number of urea groups is 1. The second-order valence-corrected chi connectivity index (χ2v) is 6.76. The number of carbonyl (C=O) groups is 1. The van der Waals surface area contributed by atoms with Crippen LogP contribution in [0, 0.1) is 18.3 Å². The summed E-state index contributed by atoms with van der Waals surface area (Å²) in [6.07, 6.45) is 1.53. The molecule has 2 aromatic rings. The number of anilines is 1. The molecule has 2 aromatic carbocycles. The molecule has 134 valence electrons. The summed E-state index contributed by atoms with van der Waals surface area (Å²) in [6, 6.07) is 14.8. The van der Waals surface area contributed by atoms with E-state index in [4.69, 9.17) is 21.6 Å². The number of nitrogens with one attached hydrogen (secondary N) is 1. The molecule has 0 saturated carbocycles. The number of nitrogens with zero attached hydrogens (tertiary/aromatic N) is 2. The largest absolute Gasteiger partial charge is 0.490 e. The van der Waals surface area contributed by atoms with Crippen LogP contribution in [0.2, 0.25) is 5.02 Å². The summed E-state index contributed by atoms with van der Waals surface area (Å²) >= 11 is 6.04. The minimum absolute atomic E-state index is 0.0300. The Bertz CT molecular complexity index is 822. The summed E-state index contributed by atoms with van der Waals surface area (Å²) in [6.45, 7) is 3.27. The number of carbonyl (C=O) groups excluding carboxylic acids is 1. The van der Waals surface area contributed by atoms with Crippen molar-refractivity contribution in [3.63, 3.8) is 0 Å². The maximum Gasteiger partial charge on any atom is 0.321 e. The Kier molecular flexibility index (Phi) is 5.65. The van der Waals surface area contributed by atoms with Crippen molar-refractivity contribution in [2.75, 3.05) is 18.4 Å². The maximum absolute atomic E-state index is 12.4. The van der Waals surface area contributed by atoms with Gasteiger partial charge in [-0.1, -0.05) is 29.3 Å². The highest BCUT2D eigenvalue weighted by molar-refractivity contribution is 6.31.